The lowest BCUT2D eigenvalue weighted by molar-refractivity contribution is 0.1000. The summed E-state index contributed by atoms with van der Waals surface area (Å²) in [5, 5.41) is 10.1. The van der Waals surface area contributed by atoms with Gasteiger partial charge in [-0.15, -0.1) is 0 Å². The first-order valence-electron chi connectivity index (χ1n) is 10.2. The van der Waals surface area contributed by atoms with Gasteiger partial charge in [0, 0.05) is 43.5 Å². The van der Waals surface area contributed by atoms with E-state index < -0.39 is 5.91 Å². The number of phenols is 1. The molecule has 0 radical (unpaired) electrons. The van der Waals surface area contributed by atoms with E-state index in [2.05, 4.69) is 9.88 Å². The normalized spacial score (nSPS) is 14.4. The predicted octanol–water partition coefficient (Wildman–Crippen LogP) is 2.92. The molecule has 8 heteroatoms. The lowest BCUT2D eigenvalue weighted by Gasteiger charge is -2.37. The summed E-state index contributed by atoms with van der Waals surface area (Å²) >= 11 is 0. The molecular formula is C23H25N5O3. The van der Waals surface area contributed by atoms with Crippen molar-refractivity contribution < 1.29 is 14.7 Å². The first kappa shape index (κ1) is 20.5. The van der Waals surface area contributed by atoms with Crippen molar-refractivity contribution in [2.24, 2.45) is 5.73 Å². The number of amides is 2. The minimum atomic E-state index is -0.507. The van der Waals surface area contributed by atoms with Crippen molar-refractivity contribution in [3.05, 3.63) is 66.6 Å². The molecule has 2 heterocycles. The second-order valence-electron chi connectivity index (χ2n) is 7.71. The van der Waals surface area contributed by atoms with Gasteiger partial charge < -0.3 is 20.6 Å². The molecule has 1 aromatic heterocycles. The monoisotopic (exact) mass is 419 g/mol. The van der Waals surface area contributed by atoms with Crippen molar-refractivity contribution in [1.82, 2.24) is 14.5 Å². The maximum absolute atomic E-state index is 13.0. The van der Waals surface area contributed by atoms with Gasteiger partial charge in [-0.05, 0) is 37.1 Å². The van der Waals surface area contributed by atoms with Crippen molar-refractivity contribution in [3.63, 3.8) is 0 Å². The van der Waals surface area contributed by atoms with Crippen molar-refractivity contribution in [3.8, 4) is 17.0 Å². The number of nitrogens with zero attached hydrogens (tertiary/aromatic N) is 4. The first-order valence-corrected chi connectivity index (χ1v) is 10.2. The molecule has 1 aliphatic heterocycles. The molecule has 0 aliphatic carbocycles. The number of carbonyl (C=O) groups is 2. The number of aromatic nitrogens is 2. The highest BCUT2D eigenvalue weighted by atomic mass is 16.3. The smallest absolute Gasteiger partial charge is 0.329 e. The fourth-order valence-electron chi connectivity index (χ4n) is 3.97. The predicted molar refractivity (Wildman–Crippen MR) is 118 cm³/mol. The highest BCUT2D eigenvalue weighted by Crippen LogP contribution is 2.30. The lowest BCUT2D eigenvalue weighted by Crippen LogP contribution is -2.46. The summed E-state index contributed by atoms with van der Waals surface area (Å²) in [4.78, 5) is 32.6. The van der Waals surface area contributed by atoms with Crippen LogP contribution >= 0.6 is 0 Å². The SMILES string of the molecule is CN(C(=O)n1cnc(-c2cccc(C(N)=O)c2)c1)C1CCN(c2ccccc2O)CC1. The van der Waals surface area contributed by atoms with E-state index in [4.69, 9.17) is 5.73 Å². The summed E-state index contributed by atoms with van der Waals surface area (Å²) < 4.78 is 1.46. The second kappa shape index (κ2) is 8.51. The van der Waals surface area contributed by atoms with Crippen molar-refractivity contribution in [2.45, 2.75) is 18.9 Å². The zero-order valence-corrected chi connectivity index (χ0v) is 17.3. The van der Waals surface area contributed by atoms with Crippen LogP contribution in [0.2, 0.25) is 0 Å². The first-order chi connectivity index (χ1) is 14.9. The third-order valence-electron chi connectivity index (χ3n) is 5.78. The fraction of sp³-hybridized carbons (Fsp3) is 0.261. The van der Waals surface area contributed by atoms with Crippen LogP contribution in [0.4, 0.5) is 10.5 Å². The number of imidazole rings is 1. The standard InChI is InChI=1S/C23H25N5O3/c1-26(18-9-11-27(12-10-18)20-7-2-3-8-21(20)29)23(31)28-14-19(25-15-28)16-5-4-6-17(13-16)22(24)30/h2-8,13-15,18,29H,9-12H2,1H3,(H2,24,30). The number of benzene rings is 2. The van der Waals surface area contributed by atoms with E-state index in [1.165, 1.54) is 10.9 Å². The maximum Gasteiger partial charge on any atom is 0.329 e. The molecule has 0 saturated carbocycles. The number of aromatic hydroxyl groups is 1. The molecule has 0 bridgehead atoms. The van der Waals surface area contributed by atoms with Gasteiger partial charge in [0.15, 0.2) is 0 Å². The quantitative estimate of drug-likeness (QED) is 0.677. The van der Waals surface area contributed by atoms with Crippen LogP contribution in [0, 0.1) is 0 Å². The Morgan fingerprint density at radius 1 is 1.13 bits per heavy atom. The van der Waals surface area contributed by atoms with Crippen LogP contribution in [0.3, 0.4) is 0 Å². The number of para-hydroxylation sites is 2. The summed E-state index contributed by atoms with van der Waals surface area (Å²) in [6.07, 6.45) is 4.76. The Labute approximate surface area is 180 Å². The van der Waals surface area contributed by atoms with Crippen molar-refractivity contribution in [1.29, 1.82) is 0 Å². The van der Waals surface area contributed by atoms with E-state index in [0.717, 1.165) is 37.2 Å². The molecule has 0 spiro atoms. The number of rotatable bonds is 4. The number of piperidine rings is 1. The Balaban J connectivity index is 1.42. The summed E-state index contributed by atoms with van der Waals surface area (Å²) in [6.45, 7) is 1.52. The van der Waals surface area contributed by atoms with Gasteiger partial charge in [-0.3, -0.25) is 9.36 Å². The number of hydrogen-bond donors (Lipinski definition) is 2. The van der Waals surface area contributed by atoms with Crippen LogP contribution in [-0.4, -0.2) is 57.7 Å². The second-order valence-corrected chi connectivity index (χ2v) is 7.71. The molecule has 8 nitrogen and oxygen atoms in total. The molecule has 1 saturated heterocycles. The molecule has 3 aromatic rings. The molecule has 4 rings (SSSR count). The van der Waals surface area contributed by atoms with Crippen LogP contribution in [0.25, 0.3) is 11.3 Å². The van der Waals surface area contributed by atoms with Crippen molar-refractivity contribution in [2.75, 3.05) is 25.0 Å². The number of primary amides is 1. The van der Waals surface area contributed by atoms with Crippen molar-refractivity contribution >= 4 is 17.6 Å². The minimum absolute atomic E-state index is 0.0960. The van der Waals surface area contributed by atoms with Gasteiger partial charge in [0.1, 0.15) is 12.1 Å². The molecule has 1 aliphatic rings. The molecule has 0 unspecified atom stereocenters. The number of hydrogen-bond acceptors (Lipinski definition) is 5. The van der Waals surface area contributed by atoms with Crippen LogP contribution in [0.5, 0.6) is 5.75 Å². The van der Waals surface area contributed by atoms with Gasteiger partial charge in [-0.25, -0.2) is 9.78 Å². The van der Waals surface area contributed by atoms with Gasteiger partial charge >= 0.3 is 6.03 Å². The molecule has 2 amide bonds. The number of anilines is 1. The van der Waals surface area contributed by atoms with Crippen LogP contribution in [-0.2, 0) is 0 Å². The van der Waals surface area contributed by atoms with Crippen LogP contribution < -0.4 is 10.6 Å². The Kier molecular flexibility index (Phi) is 5.62. The van der Waals surface area contributed by atoms with Gasteiger partial charge in [-0.2, -0.15) is 0 Å². The topological polar surface area (TPSA) is 105 Å². The Morgan fingerprint density at radius 2 is 1.87 bits per heavy atom. The van der Waals surface area contributed by atoms with E-state index in [0.29, 0.717) is 11.3 Å². The van der Waals surface area contributed by atoms with E-state index in [9.17, 15) is 14.7 Å². The largest absolute Gasteiger partial charge is 0.506 e. The highest BCUT2D eigenvalue weighted by molar-refractivity contribution is 5.94. The average Bonchev–Trinajstić information content (AvgIpc) is 3.29. The van der Waals surface area contributed by atoms with E-state index in [1.807, 2.05) is 24.3 Å². The molecule has 160 valence electrons. The zero-order chi connectivity index (χ0) is 22.0. The van der Waals surface area contributed by atoms with Gasteiger partial charge in [0.25, 0.3) is 0 Å². The van der Waals surface area contributed by atoms with Gasteiger partial charge in [0.2, 0.25) is 5.91 Å². The van der Waals surface area contributed by atoms with Crippen LogP contribution in [0.1, 0.15) is 23.2 Å². The van der Waals surface area contributed by atoms with E-state index in [1.54, 1.807) is 42.4 Å². The number of carbonyl (C=O) groups excluding carboxylic acids is 2. The van der Waals surface area contributed by atoms with E-state index >= 15 is 0 Å². The zero-order valence-electron chi connectivity index (χ0n) is 17.3. The molecule has 0 atom stereocenters. The minimum Gasteiger partial charge on any atom is -0.506 e. The fourth-order valence-corrected chi connectivity index (χ4v) is 3.97. The molecule has 2 aromatic carbocycles. The molecule has 3 N–H and O–H groups in total. The van der Waals surface area contributed by atoms with Gasteiger partial charge in [-0.1, -0.05) is 24.3 Å². The maximum atomic E-state index is 13.0. The van der Waals surface area contributed by atoms with Gasteiger partial charge in [0.05, 0.1) is 11.4 Å². The molecule has 31 heavy (non-hydrogen) atoms. The molecule has 1 fully saturated rings. The Hall–Kier alpha value is -3.81. The third kappa shape index (κ3) is 4.23. The highest BCUT2D eigenvalue weighted by Gasteiger charge is 2.27. The Morgan fingerprint density at radius 3 is 2.58 bits per heavy atom. The molecular weight excluding hydrogens is 394 g/mol. The van der Waals surface area contributed by atoms with E-state index in [-0.39, 0.29) is 17.8 Å². The summed E-state index contributed by atoms with van der Waals surface area (Å²) in [7, 11) is 1.80. The average molecular weight is 419 g/mol. The number of phenolic OH excluding ortho intramolecular Hbond substituents is 1. The summed E-state index contributed by atoms with van der Waals surface area (Å²) in [5.74, 6) is -0.232. The summed E-state index contributed by atoms with van der Waals surface area (Å²) in [5.41, 5.74) is 7.89. The Bertz CT molecular complexity index is 1100. The van der Waals surface area contributed by atoms with Crippen LogP contribution in [0.15, 0.2) is 61.1 Å². The number of nitrogens with two attached hydrogens (primary N) is 1. The third-order valence-corrected chi connectivity index (χ3v) is 5.78. The summed E-state index contributed by atoms with van der Waals surface area (Å²) in [6, 6.07) is 14.1. The lowest BCUT2D eigenvalue weighted by atomic mass is 10.0.